The van der Waals surface area contributed by atoms with Gasteiger partial charge in [-0.2, -0.15) is 0 Å². The van der Waals surface area contributed by atoms with E-state index in [9.17, 15) is 9.90 Å². The van der Waals surface area contributed by atoms with Crippen molar-refractivity contribution >= 4 is 6.03 Å². The van der Waals surface area contributed by atoms with Gasteiger partial charge in [0.2, 0.25) is 0 Å². The number of aliphatic hydroxyl groups is 1. The zero-order valence-electron chi connectivity index (χ0n) is 11.7. The molecule has 1 aromatic rings. The van der Waals surface area contributed by atoms with Crippen LogP contribution in [0.4, 0.5) is 4.79 Å². The average molecular weight is 280 g/mol. The molecule has 0 fully saturated rings. The van der Waals surface area contributed by atoms with Crippen LogP contribution >= 0.6 is 0 Å². The minimum atomic E-state index is -0.788. The first kappa shape index (κ1) is 14.5. The van der Waals surface area contributed by atoms with Crippen LogP contribution in [0.2, 0.25) is 0 Å². The Labute approximate surface area is 118 Å². The van der Waals surface area contributed by atoms with Crippen molar-refractivity contribution in [3.63, 3.8) is 0 Å². The van der Waals surface area contributed by atoms with Crippen LogP contribution in [0.15, 0.2) is 18.2 Å². The maximum atomic E-state index is 11.4. The number of hydrogen-bond donors (Lipinski definition) is 3. The highest BCUT2D eigenvalue weighted by Crippen LogP contribution is 2.32. The van der Waals surface area contributed by atoms with Gasteiger partial charge >= 0.3 is 6.03 Å². The van der Waals surface area contributed by atoms with Crippen molar-refractivity contribution in [2.75, 3.05) is 19.8 Å². The fourth-order valence-electron chi connectivity index (χ4n) is 1.89. The predicted octanol–water partition coefficient (Wildman–Crippen LogP) is 1.20. The van der Waals surface area contributed by atoms with Gasteiger partial charge in [-0.25, -0.2) is 4.79 Å². The molecule has 2 rings (SSSR count). The van der Waals surface area contributed by atoms with Gasteiger partial charge < -0.3 is 25.2 Å². The second-order valence-corrected chi connectivity index (χ2v) is 4.93. The number of fused-ring (bicyclic) bond motifs is 1. The highest BCUT2D eigenvalue weighted by atomic mass is 16.6. The molecule has 1 aliphatic heterocycles. The quantitative estimate of drug-likeness (QED) is 0.774. The van der Waals surface area contributed by atoms with Crippen molar-refractivity contribution in [3.8, 4) is 11.5 Å². The average Bonchev–Trinajstić information content (AvgIpc) is 2.43. The third kappa shape index (κ3) is 3.77. The molecular weight excluding hydrogens is 260 g/mol. The topological polar surface area (TPSA) is 79.8 Å². The lowest BCUT2D eigenvalue weighted by molar-refractivity contribution is 0.163. The zero-order chi connectivity index (χ0) is 14.5. The van der Waals surface area contributed by atoms with Crippen molar-refractivity contribution < 1.29 is 19.4 Å². The summed E-state index contributed by atoms with van der Waals surface area (Å²) in [6.07, 6.45) is -0.788. The van der Waals surface area contributed by atoms with E-state index >= 15 is 0 Å². The standard InChI is InChI=1S/C14H20N2O4/c1-9(2)16-14(18)15-8-11(17)10-3-4-12-13(7-10)20-6-5-19-12/h3-4,7,9,11,17H,5-6,8H2,1-2H3,(H2,15,16,18). The van der Waals surface area contributed by atoms with Crippen LogP contribution in [-0.2, 0) is 0 Å². The summed E-state index contributed by atoms with van der Waals surface area (Å²) in [5.74, 6) is 1.30. The molecular formula is C14H20N2O4. The van der Waals surface area contributed by atoms with Crippen LogP contribution < -0.4 is 20.1 Å². The minimum Gasteiger partial charge on any atom is -0.486 e. The summed E-state index contributed by atoms with van der Waals surface area (Å²) in [6, 6.07) is 5.03. The van der Waals surface area contributed by atoms with Crippen LogP contribution in [0.1, 0.15) is 25.5 Å². The van der Waals surface area contributed by atoms with Gasteiger partial charge in [-0.15, -0.1) is 0 Å². The summed E-state index contributed by atoms with van der Waals surface area (Å²) in [5.41, 5.74) is 0.680. The molecule has 1 unspecified atom stereocenters. The van der Waals surface area contributed by atoms with Gasteiger partial charge in [-0.3, -0.25) is 0 Å². The van der Waals surface area contributed by atoms with E-state index in [4.69, 9.17) is 9.47 Å². The second kappa shape index (κ2) is 6.47. The lowest BCUT2D eigenvalue weighted by atomic mass is 10.1. The number of ether oxygens (including phenoxy) is 2. The molecule has 3 N–H and O–H groups in total. The van der Waals surface area contributed by atoms with Crippen LogP contribution in [0, 0.1) is 0 Å². The third-order valence-electron chi connectivity index (χ3n) is 2.83. The number of hydrogen-bond acceptors (Lipinski definition) is 4. The third-order valence-corrected chi connectivity index (χ3v) is 2.83. The molecule has 0 saturated carbocycles. The molecule has 110 valence electrons. The van der Waals surface area contributed by atoms with E-state index < -0.39 is 6.10 Å². The molecule has 0 radical (unpaired) electrons. The molecule has 2 amide bonds. The fraction of sp³-hybridized carbons (Fsp3) is 0.500. The zero-order valence-corrected chi connectivity index (χ0v) is 11.7. The van der Waals surface area contributed by atoms with Gasteiger partial charge in [-0.1, -0.05) is 6.07 Å². The van der Waals surface area contributed by atoms with E-state index in [-0.39, 0.29) is 18.6 Å². The van der Waals surface area contributed by atoms with Gasteiger partial charge in [-0.05, 0) is 31.5 Å². The molecule has 20 heavy (non-hydrogen) atoms. The van der Waals surface area contributed by atoms with Crippen molar-refractivity contribution in [3.05, 3.63) is 23.8 Å². The molecule has 1 heterocycles. The predicted molar refractivity (Wildman–Crippen MR) is 74.1 cm³/mol. The lowest BCUT2D eigenvalue weighted by Gasteiger charge is -2.20. The number of amides is 2. The van der Waals surface area contributed by atoms with E-state index in [1.165, 1.54) is 0 Å². The van der Waals surface area contributed by atoms with Gasteiger partial charge in [0.25, 0.3) is 0 Å². The summed E-state index contributed by atoms with van der Waals surface area (Å²) in [7, 11) is 0. The first-order valence-corrected chi connectivity index (χ1v) is 6.68. The van der Waals surface area contributed by atoms with E-state index in [0.29, 0.717) is 30.3 Å². The molecule has 0 aliphatic carbocycles. The normalized spacial score (nSPS) is 14.8. The molecule has 6 heteroatoms. The number of carbonyl (C=O) groups is 1. The minimum absolute atomic E-state index is 0.0569. The van der Waals surface area contributed by atoms with Crippen molar-refractivity contribution in [1.29, 1.82) is 0 Å². The van der Waals surface area contributed by atoms with Gasteiger partial charge in [0.1, 0.15) is 13.2 Å². The van der Waals surface area contributed by atoms with Crippen molar-refractivity contribution in [2.45, 2.75) is 26.0 Å². The number of rotatable bonds is 4. The first-order chi connectivity index (χ1) is 9.56. The summed E-state index contributed by atoms with van der Waals surface area (Å²) in [4.78, 5) is 11.4. The Hall–Kier alpha value is -1.95. The number of benzene rings is 1. The Morgan fingerprint density at radius 1 is 1.30 bits per heavy atom. The summed E-state index contributed by atoms with van der Waals surface area (Å²) >= 11 is 0. The summed E-state index contributed by atoms with van der Waals surface area (Å²) < 4.78 is 10.9. The van der Waals surface area contributed by atoms with Gasteiger partial charge in [0.05, 0.1) is 6.10 Å². The van der Waals surface area contributed by atoms with Crippen LogP contribution in [0.3, 0.4) is 0 Å². The SMILES string of the molecule is CC(C)NC(=O)NCC(O)c1ccc2c(c1)OCCO2. The Morgan fingerprint density at radius 3 is 2.70 bits per heavy atom. The maximum absolute atomic E-state index is 11.4. The highest BCUT2D eigenvalue weighted by Gasteiger charge is 2.16. The molecule has 0 bridgehead atoms. The molecule has 0 spiro atoms. The molecule has 0 saturated heterocycles. The number of aliphatic hydroxyl groups excluding tert-OH is 1. The summed E-state index contributed by atoms with van der Waals surface area (Å²) in [6.45, 7) is 4.92. The fourth-order valence-corrected chi connectivity index (χ4v) is 1.89. The van der Waals surface area contributed by atoms with E-state index in [2.05, 4.69) is 10.6 Å². The van der Waals surface area contributed by atoms with Gasteiger partial charge in [0.15, 0.2) is 11.5 Å². The largest absolute Gasteiger partial charge is 0.486 e. The number of nitrogens with one attached hydrogen (secondary N) is 2. The monoisotopic (exact) mass is 280 g/mol. The smallest absolute Gasteiger partial charge is 0.315 e. The van der Waals surface area contributed by atoms with Crippen LogP contribution in [-0.4, -0.2) is 36.9 Å². The second-order valence-electron chi connectivity index (χ2n) is 4.93. The molecule has 0 aromatic heterocycles. The number of carbonyl (C=O) groups excluding carboxylic acids is 1. The van der Waals surface area contributed by atoms with Crippen LogP contribution in [0.25, 0.3) is 0 Å². The van der Waals surface area contributed by atoms with E-state index in [0.717, 1.165) is 0 Å². The Bertz CT molecular complexity index is 476. The van der Waals surface area contributed by atoms with Crippen molar-refractivity contribution in [1.82, 2.24) is 10.6 Å². The molecule has 1 atom stereocenters. The summed E-state index contributed by atoms with van der Waals surface area (Å²) in [5, 5.41) is 15.4. The Kier molecular flexibility index (Phi) is 4.68. The van der Waals surface area contributed by atoms with Crippen molar-refractivity contribution in [2.24, 2.45) is 0 Å². The van der Waals surface area contributed by atoms with E-state index in [1.54, 1.807) is 18.2 Å². The van der Waals surface area contributed by atoms with E-state index in [1.807, 2.05) is 13.8 Å². The van der Waals surface area contributed by atoms with Crippen LogP contribution in [0.5, 0.6) is 11.5 Å². The maximum Gasteiger partial charge on any atom is 0.315 e. The van der Waals surface area contributed by atoms with Gasteiger partial charge in [0, 0.05) is 12.6 Å². The Morgan fingerprint density at radius 2 is 2.00 bits per heavy atom. The molecule has 1 aromatic carbocycles. The first-order valence-electron chi connectivity index (χ1n) is 6.68. The molecule has 1 aliphatic rings. The lowest BCUT2D eigenvalue weighted by Crippen LogP contribution is -2.41. The highest BCUT2D eigenvalue weighted by molar-refractivity contribution is 5.74. The Balaban J connectivity index is 1.92. The number of urea groups is 1. The molecule has 6 nitrogen and oxygen atoms in total.